The van der Waals surface area contributed by atoms with Gasteiger partial charge in [0.25, 0.3) is 5.91 Å². The van der Waals surface area contributed by atoms with Crippen LogP contribution in [0.1, 0.15) is 13.8 Å². The highest BCUT2D eigenvalue weighted by Gasteiger charge is 2.50. The van der Waals surface area contributed by atoms with E-state index in [1.54, 1.807) is 30.9 Å². The van der Waals surface area contributed by atoms with Crippen LogP contribution in [-0.4, -0.2) is 42.3 Å². The minimum absolute atomic E-state index is 0.0197. The molecule has 0 aliphatic carbocycles. The van der Waals surface area contributed by atoms with Gasteiger partial charge in [0, 0.05) is 15.6 Å². The first-order valence-corrected chi connectivity index (χ1v) is 10.9. The number of rotatable bonds is 2. The molecule has 2 fully saturated rings. The van der Waals surface area contributed by atoms with Gasteiger partial charge in [-0.15, -0.1) is 0 Å². The fourth-order valence-corrected chi connectivity index (χ4v) is 6.99. The average Bonchev–Trinajstić information content (AvgIpc) is 2.91. The Bertz CT molecular complexity index is 826. The van der Waals surface area contributed by atoms with Gasteiger partial charge < -0.3 is 4.90 Å². The Balaban J connectivity index is 2.06. The zero-order valence-electron chi connectivity index (χ0n) is 13.1. The van der Waals surface area contributed by atoms with E-state index in [-0.39, 0.29) is 34.3 Å². The molecular weight excluding hydrogens is 419 g/mol. The monoisotopic (exact) mass is 434 g/mol. The van der Waals surface area contributed by atoms with Crippen LogP contribution in [0.15, 0.2) is 27.7 Å². The molecule has 2 aliphatic rings. The Kier molecular flexibility index (Phi) is 4.78. The standard InChI is InChI=1S/C15H16BrFN2O3S2/c1-8(2)14(20)18-15-19(11-4-3-9(16)5-10(11)17)12-6-24(21,22)7-13(12)23-15/h3-5,8,12-13H,6-7H2,1-2H3/t12-,13+/m1/s1. The number of anilines is 1. The average molecular weight is 435 g/mol. The van der Waals surface area contributed by atoms with E-state index >= 15 is 0 Å². The molecule has 0 unspecified atom stereocenters. The first-order valence-electron chi connectivity index (χ1n) is 7.42. The Morgan fingerprint density at radius 1 is 1.42 bits per heavy atom. The summed E-state index contributed by atoms with van der Waals surface area (Å²) in [4.78, 5) is 17.7. The number of nitrogens with zero attached hydrogens (tertiary/aromatic N) is 2. The Hall–Kier alpha value is -0.930. The second-order valence-electron chi connectivity index (χ2n) is 6.15. The first-order chi connectivity index (χ1) is 11.2. The number of sulfone groups is 1. The number of carbonyl (C=O) groups excluding carboxylic acids is 1. The summed E-state index contributed by atoms with van der Waals surface area (Å²) in [6.45, 7) is 3.48. The quantitative estimate of drug-likeness (QED) is 0.715. The van der Waals surface area contributed by atoms with Crippen molar-refractivity contribution in [1.29, 1.82) is 0 Å². The number of carbonyl (C=O) groups is 1. The summed E-state index contributed by atoms with van der Waals surface area (Å²) >= 11 is 4.45. The van der Waals surface area contributed by atoms with Crippen molar-refractivity contribution in [2.45, 2.75) is 25.1 Å². The zero-order valence-corrected chi connectivity index (χ0v) is 16.3. The fourth-order valence-electron chi connectivity index (χ4n) is 2.75. The number of aliphatic imine (C=N–C) groups is 1. The summed E-state index contributed by atoms with van der Waals surface area (Å²) in [6, 6.07) is 4.16. The Labute approximate surface area is 152 Å². The smallest absolute Gasteiger partial charge is 0.250 e. The van der Waals surface area contributed by atoms with Gasteiger partial charge in [-0.05, 0) is 18.2 Å². The van der Waals surface area contributed by atoms with Gasteiger partial charge in [-0.25, -0.2) is 12.8 Å². The lowest BCUT2D eigenvalue weighted by Gasteiger charge is -2.25. The van der Waals surface area contributed by atoms with E-state index in [4.69, 9.17) is 0 Å². The molecule has 0 bridgehead atoms. The van der Waals surface area contributed by atoms with Crippen LogP contribution >= 0.6 is 27.7 Å². The van der Waals surface area contributed by atoms with Crippen molar-refractivity contribution in [2.75, 3.05) is 16.4 Å². The minimum atomic E-state index is -3.17. The van der Waals surface area contributed by atoms with E-state index in [9.17, 15) is 17.6 Å². The topological polar surface area (TPSA) is 66.8 Å². The van der Waals surface area contributed by atoms with Crippen LogP contribution in [0.3, 0.4) is 0 Å². The molecule has 0 saturated carbocycles. The molecular formula is C15H16BrFN2O3S2. The van der Waals surface area contributed by atoms with Crippen LogP contribution in [0.2, 0.25) is 0 Å². The number of thioether (sulfide) groups is 1. The molecule has 0 radical (unpaired) electrons. The highest BCUT2D eigenvalue weighted by molar-refractivity contribution is 9.10. The van der Waals surface area contributed by atoms with Crippen LogP contribution < -0.4 is 4.90 Å². The predicted octanol–water partition coefficient (Wildman–Crippen LogP) is 2.85. The number of benzene rings is 1. The number of hydrogen-bond acceptors (Lipinski definition) is 4. The van der Waals surface area contributed by atoms with E-state index in [0.717, 1.165) is 0 Å². The van der Waals surface area contributed by atoms with Gasteiger partial charge in [-0.1, -0.05) is 41.5 Å². The summed E-state index contributed by atoms with van der Waals surface area (Å²) in [5.74, 6) is -1.11. The molecule has 0 aromatic heterocycles. The maximum atomic E-state index is 14.5. The Morgan fingerprint density at radius 2 is 2.12 bits per heavy atom. The largest absolute Gasteiger partial charge is 0.313 e. The number of hydrogen-bond donors (Lipinski definition) is 0. The summed E-state index contributed by atoms with van der Waals surface area (Å²) < 4.78 is 38.9. The van der Waals surface area contributed by atoms with Crippen molar-refractivity contribution in [3.63, 3.8) is 0 Å². The van der Waals surface area contributed by atoms with Crippen molar-refractivity contribution in [2.24, 2.45) is 10.9 Å². The third-order valence-electron chi connectivity index (χ3n) is 3.94. The summed E-state index contributed by atoms with van der Waals surface area (Å²) in [5, 5.41) is 0.136. The first kappa shape index (κ1) is 17.9. The van der Waals surface area contributed by atoms with Gasteiger partial charge >= 0.3 is 0 Å². The van der Waals surface area contributed by atoms with Gasteiger partial charge in [-0.3, -0.25) is 4.79 Å². The van der Waals surface area contributed by atoms with Crippen molar-refractivity contribution in [1.82, 2.24) is 0 Å². The number of fused-ring (bicyclic) bond motifs is 1. The summed E-state index contributed by atoms with van der Waals surface area (Å²) in [7, 11) is -3.17. The second-order valence-corrected chi connectivity index (χ2v) is 10.4. The maximum absolute atomic E-state index is 14.5. The molecule has 9 heteroatoms. The second kappa shape index (κ2) is 6.42. The van der Waals surface area contributed by atoms with E-state index in [2.05, 4.69) is 20.9 Å². The van der Waals surface area contributed by atoms with Crippen LogP contribution in [0.4, 0.5) is 10.1 Å². The molecule has 130 valence electrons. The van der Waals surface area contributed by atoms with E-state index < -0.39 is 21.7 Å². The van der Waals surface area contributed by atoms with E-state index in [1.165, 1.54) is 17.8 Å². The van der Waals surface area contributed by atoms with Crippen LogP contribution in [0.25, 0.3) is 0 Å². The van der Waals surface area contributed by atoms with Crippen molar-refractivity contribution in [3.8, 4) is 0 Å². The lowest BCUT2D eigenvalue weighted by Crippen LogP contribution is -2.38. The number of amides is 1. The van der Waals surface area contributed by atoms with Crippen molar-refractivity contribution >= 4 is 54.3 Å². The SMILES string of the molecule is CC(C)C(=O)N=C1S[C@H]2CS(=O)(=O)C[C@H]2N1c1ccc(Br)cc1F. The van der Waals surface area contributed by atoms with Crippen LogP contribution in [0.5, 0.6) is 0 Å². The maximum Gasteiger partial charge on any atom is 0.250 e. The zero-order chi connectivity index (χ0) is 17.6. The van der Waals surface area contributed by atoms with Gasteiger partial charge in [0.1, 0.15) is 5.82 Å². The van der Waals surface area contributed by atoms with Gasteiger partial charge in [-0.2, -0.15) is 4.99 Å². The third kappa shape index (κ3) is 3.39. The molecule has 2 heterocycles. The lowest BCUT2D eigenvalue weighted by atomic mass is 10.2. The molecule has 1 amide bonds. The molecule has 24 heavy (non-hydrogen) atoms. The number of halogens is 2. The van der Waals surface area contributed by atoms with Gasteiger partial charge in [0.2, 0.25) is 0 Å². The molecule has 2 saturated heterocycles. The van der Waals surface area contributed by atoms with Crippen LogP contribution in [0, 0.1) is 11.7 Å². The van der Waals surface area contributed by atoms with E-state index in [0.29, 0.717) is 9.64 Å². The molecule has 1 aromatic carbocycles. The molecule has 1 aromatic rings. The highest BCUT2D eigenvalue weighted by Crippen LogP contribution is 2.42. The molecule has 5 nitrogen and oxygen atoms in total. The molecule has 0 N–H and O–H groups in total. The van der Waals surface area contributed by atoms with Crippen molar-refractivity contribution in [3.05, 3.63) is 28.5 Å². The minimum Gasteiger partial charge on any atom is -0.313 e. The fraction of sp³-hybridized carbons (Fsp3) is 0.467. The summed E-state index contributed by atoms with van der Waals surface area (Å²) in [5.41, 5.74) is 0.241. The molecule has 2 aliphatic heterocycles. The molecule has 3 rings (SSSR count). The van der Waals surface area contributed by atoms with Gasteiger partial charge in [0.15, 0.2) is 15.0 Å². The summed E-state index contributed by atoms with van der Waals surface area (Å²) in [6.07, 6.45) is 0. The highest BCUT2D eigenvalue weighted by atomic mass is 79.9. The normalized spacial score (nSPS) is 27.0. The lowest BCUT2D eigenvalue weighted by molar-refractivity contribution is -0.120. The van der Waals surface area contributed by atoms with Gasteiger partial charge in [0.05, 0.1) is 23.2 Å². The predicted molar refractivity (Wildman–Crippen MR) is 97.7 cm³/mol. The molecule has 2 atom stereocenters. The van der Waals surface area contributed by atoms with E-state index in [1.807, 2.05) is 0 Å². The molecule has 0 spiro atoms. The Morgan fingerprint density at radius 3 is 2.75 bits per heavy atom. The van der Waals surface area contributed by atoms with Crippen LogP contribution in [-0.2, 0) is 14.6 Å². The van der Waals surface area contributed by atoms with Crippen molar-refractivity contribution < 1.29 is 17.6 Å². The third-order valence-corrected chi connectivity index (χ3v) is 7.64. The number of amidine groups is 1.